The highest BCUT2D eigenvalue weighted by Crippen LogP contribution is 2.24. The van der Waals surface area contributed by atoms with Crippen molar-refractivity contribution < 1.29 is 17.2 Å². The van der Waals surface area contributed by atoms with Crippen molar-refractivity contribution in [1.82, 2.24) is 9.62 Å². The maximum absolute atomic E-state index is 13.8. The first-order chi connectivity index (χ1) is 8.84. The number of rotatable bonds is 2. The zero-order valence-electron chi connectivity index (χ0n) is 10.8. The van der Waals surface area contributed by atoms with Gasteiger partial charge in [0.05, 0.1) is 0 Å². The maximum atomic E-state index is 13.8. The normalized spacial score (nSPS) is 21.6. The Morgan fingerprint density at radius 3 is 2.63 bits per heavy atom. The van der Waals surface area contributed by atoms with Crippen LogP contribution >= 0.6 is 0 Å². The van der Waals surface area contributed by atoms with Gasteiger partial charge in [-0.05, 0) is 31.5 Å². The zero-order valence-corrected chi connectivity index (χ0v) is 11.6. The Balaban J connectivity index is 2.47. The summed E-state index contributed by atoms with van der Waals surface area (Å²) in [5, 5.41) is 3.05. The third-order valence-electron chi connectivity index (χ3n) is 3.24. The van der Waals surface area contributed by atoms with E-state index in [0.717, 1.165) is 12.1 Å². The number of aryl methyl sites for hydroxylation is 1. The van der Waals surface area contributed by atoms with Crippen molar-refractivity contribution in [2.45, 2.75) is 24.8 Å². The first-order valence-corrected chi connectivity index (χ1v) is 7.46. The monoisotopic (exact) mass is 290 g/mol. The van der Waals surface area contributed by atoms with Gasteiger partial charge in [0.2, 0.25) is 10.0 Å². The van der Waals surface area contributed by atoms with Gasteiger partial charge in [0, 0.05) is 25.7 Å². The van der Waals surface area contributed by atoms with Gasteiger partial charge in [-0.15, -0.1) is 0 Å². The van der Waals surface area contributed by atoms with E-state index in [1.807, 2.05) is 0 Å². The molecule has 4 nitrogen and oxygen atoms in total. The van der Waals surface area contributed by atoms with Crippen LogP contribution in [0.15, 0.2) is 17.0 Å². The number of nitrogens with zero attached hydrogens (tertiary/aromatic N) is 1. The number of halogens is 2. The Hall–Kier alpha value is -1.05. The topological polar surface area (TPSA) is 49.4 Å². The molecule has 1 saturated heterocycles. The van der Waals surface area contributed by atoms with Crippen LogP contribution in [0.5, 0.6) is 0 Å². The summed E-state index contributed by atoms with van der Waals surface area (Å²) in [5.74, 6) is -1.63. The number of hydrogen-bond donors (Lipinski definition) is 1. The standard InChI is InChI=1S/C12H16F2N2O2S/c1-8-5-11(14)12(6-10(8)13)19(17,18)16-4-3-15-7-9(16)2/h5-6,9,15H,3-4,7H2,1-2H3. The van der Waals surface area contributed by atoms with Crippen molar-refractivity contribution in [3.05, 3.63) is 29.3 Å². The summed E-state index contributed by atoms with van der Waals surface area (Å²) in [5.41, 5.74) is 0.0878. The molecule has 0 aromatic heterocycles. The minimum atomic E-state index is -4.00. The van der Waals surface area contributed by atoms with E-state index in [9.17, 15) is 17.2 Å². The van der Waals surface area contributed by atoms with Gasteiger partial charge < -0.3 is 5.32 Å². The summed E-state index contributed by atoms with van der Waals surface area (Å²) >= 11 is 0. The van der Waals surface area contributed by atoms with E-state index < -0.39 is 26.6 Å². The lowest BCUT2D eigenvalue weighted by Gasteiger charge is -2.32. The molecule has 0 aliphatic carbocycles. The Morgan fingerprint density at radius 1 is 1.32 bits per heavy atom. The Kier molecular flexibility index (Phi) is 3.89. The van der Waals surface area contributed by atoms with Crippen LogP contribution < -0.4 is 5.32 Å². The van der Waals surface area contributed by atoms with Gasteiger partial charge in [0.25, 0.3) is 0 Å². The van der Waals surface area contributed by atoms with Crippen LogP contribution in [0.4, 0.5) is 8.78 Å². The van der Waals surface area contributed by atoms with E-state index in [2.05, 4.69) is 5.32 Å². The molecule has 19 heavy (non-hydrogen) atoms. The fourth-order valence-electron chi connectivity index (χ4n) is 2.13. The Labute approximate surface area is 111 Å². The third kappa shape index (κ3) is 2.63. The third-order valence-corrected chi connectivity index (χ3v) is 5.27. The molecular weight excluding hydrogens is 274 g/mol. The van der Waals surface area contributed by atoms with Crippen molar-refractivity contribution in [3.8, 4) is 0 Å². The lowest BCUT2D eigenvalue weighted by Crippen LogP contribution is -2.52. The molecule has 0 radical (unpaired) electrons. The van der Waals surface area contributed by atoms with Gasteiger partial charge >= 0.3 is 0 Å². The summed E-state index contributed by atoms with van der Waals surface area (Å²) in [4.78, 5) is -0.593. The van der Waals surface area contributed by atoms with E-state index in [1.165, 1.54) is 11.2 Å². The average Bonchev–Trinajstić information content (AvgIpc) is 2.34. The molecule has 0 amide bonds. The average molecular weight is 290 g/mol. The lowest BCUT2D eigenvalue weighted by atomic mass is 10.2. The van der Waals surface area contributed by atoms with Crippen LogP contribution in [-0.2, 0) is 10.0 Å². The van der Waals surface area contributed by atoms with E-state index in [1.54, 1.807) is 6.92 Å². The van der Waals surface area contributed by atoms with E-state index >= 15 is 0 Å². The second kappa shape index (κ2) is 5.15. The Bertz CT molecular complexity index is 590. The molecule has 1 N–H and O–H groups in total. The van der Waals surface area contributed by atoms with E-state index in [0.29, 0.717) is 13.1 Å². The minimum absolute atomic E-state index is 0.0878. The second-order valence-corrected chi connectivity index (χ2v) is 6.56. The molecule has 0 bridgehead atoms. The molecule has 1 aromatic rings. The molecule has 1 atom stereocenters. The molecule has 0 spiro atoms. The highest BCUT2D eigenvalue weighted by molar-refractivity contribution is 7.89. The summed E-state index contributed by atoms with van der Waals surface area (Å²) in [6.45, 7) is 4.36. The van der Waals surface area contributed by atoms with Gasteiger partial charge in [0.1, 0.15) is 16.5 Å². The molecule has 1 heterocycles. The van der Waals surface area contributed by atoms with Crippen molar-refractivity contribution in [3.63, 3.8) is 0 Å². The van der Waals surface area contributed by atoms with Gasteiger partial charge in [-0.3, -0.25) is 0 Å². The summed E-state index contributed by atoms with van der Waals surface area (Å²) in [6, 6.07) is 1.38. The Morgan fingerprint density at radius 2 is 2.00 bits per heavy atom. The SMILES string of the molecule is Cc1cc(F)c(S(=O)(=O)N2CCNCC2C)cc1F. The molecule has 1 fully saturated rings. The highest BCUT2D eigenvalue weighted by Gasteiger charge is 2.33. The van der Waals surface area contributed by atoms with Crippen LogP contribution in [0.1, 0.15) is 12.5 Å². The van der Waals surface area contributed by atoms with Gasteiger partial charge in [-0.2, -0.15) is 4.31 Å². The van der Waals surface area contributed by atoms with Crippen LogP contribution in [0.25, 0.3) is 0 Å². The zero-order chi connectivity index (χ0) is 14.2. The van der Waals surface area contributed by atoms with Crippen molar-refractivity contribution in [1.29, 1.82) is 0 Å². The largest absolute Gasteiger partial charge is 0.314 e. The predicted molar refractivity (Wildman–Crippen MR) is 67.3 cm³/mol. The fraction of sp³-hybridized carbons (Fsp3) is 0.500. The molecule has 1 aliphatic rings. The molecule has 0 saturated carbocycles. The van der Waals surface area contributed by atoms with Crippen molar-refractivity contribution >= 4 is 10.0 Å². The van der Waals surface area contributed by atoms with E-state index in [-0.39, 0.29) is 18.2 Å². The second-order valence-electron chi connectivity index (χ2n) is 4.70. The number of nitrogens with one attached hydrogen (secondary N) is 1. The number of sulfonamides is 1. The lowest BCUT2D eigenvalue weighted by molar-refractivity contribution is 0.282. The highest BCUT2D eigenvalue weighted by atomic mass is 32.2. The van der Waals surface area contributed by atoms with E-state index in [4.69, 9.17) is 0 Å². The first kappa shape index (κ1) is 14.4. The van der Waals surface area contributed by atoms with Crippen LogP contribution in [0.2, 0.25) is 0 Å². The fourth-order valence-corrected chi connectivity index (χ4v) is 3.82. The van der Waals surface area contributed by atoms with Crippen LogP contribution in [0.3, 0.4) is 0 Å². The molecule has 106 valence electrons. The summed E-state index contributed by atoms with van der Waals surface area (Å²) in [7, 11) is -4.00. The van der Waals surface area contributed by atoms with Gasteiger partial charge in [0.15, 0.2) is 0 Å². The first-order valence-electron chi connectivity index (χ1n) is 6.02. The molecule has 7 heteroatoms. The number of benzene rings is 1. The predicted octanol–water partition coefficient (Wildman–Crippen LogP) is 1.26. The van der Waals surface area contributed by atoms with Crippen molar-refractivity contribution in [2.24, 2.45) is 0 Å². The van der Waals surface area contributed by atoms with Crippen LogP contribution in [-0.4, -0.2) is 38.4 Å². The molecule has 1 aliphatic heterocycles. The summed E-state index contributed by atoms with van der Waals surface area (Å²) in [6.07, 6.45) is 0. The van der Waals surface area contributed by atoms with Crippen molar-refractivity contribution in [2.75, 3.05) is 19.6 Å². The molecule has 1 aromatic carbocycles. The number of hydrogen-bond acceptors (Lipinski definition) is 3. The van der Waals surface area contributed by atoms with Crippen LogP contribution in [0, 0.1) is 18.6 Å². The molecule has 2 rings (SSSR count). The van der Waals surface area contributed by atoms with Gasteiger partial charge in [-0.25, -0.2) is 17.2 Å². The molecular formula is C12H16F2N2O2S. The maximum Gasteiger partial charge on any atom is 0.246 e. The quantitative estimate of drug-likeness (QED) is 0.892. The number of piperazine rings is 1. The summed E-state index contributed by atoms with van der Waals surface area (Å²) < 4.78 is 53.3. The molecule has 1 unspecified atom stereocenters. The minimum Gasteiger partial charge on any atom is -0.314 e. The van der Waals surface area contributed by atoms with Gasteiger partial charge in [-0.1, -0.05) is 0 Å². The smallest absolute Gasteiger partial charge is 0.246 e.